The van der Waals surface area contributed by atoms with Gasteiger partial charge in [0.15, 0.2) is 5.03 Å². The lowest BCUT2D eigenvalue weighted by atomic mass is 10.1. The Hall–Kier alpha value is -2.89. The van der Waals surface area contributed by atoms with E-state index in [1.807, 2.05) is 10.1 Å². The molecule has 1 aromatic carbocycles. The molecule has 0 fully saturated rings. The minimum atomic E-state index is -4.55. The van der Waals surface area contributed by atoms with E-state index in [1.165, 1.54) is 25.1 Å². The maximum absolute atomic E-state index is 12.9. The molecule has 12 heteroatoms. The summed E-state index contributed by atoms with van der Waals surface area (Å²) in [6, 6.07) is 4.76. The van der Waals surface area contributed by atoms with Crippen LogP contribution in [-0.2, 0) is 11.0 Å². The van der Waals surface area contributed by atoms with Crippen molar-refractivity contribution >= 4 is 23.9 Å². The molecule has 2 aromatic rings. The summed E-state index contributed by atoms with van der Waals surface area (Å²) >= 11 is 0.750. The second-order valence-electron chi connectivity index (χ2n) is 4.89. The molecule has 0 radical (unpaired) electrons. The van der Waals surface area contributed by atoms with E-state index in [-0.39, 0.29) is 10.6 Å². The van der Waals surface area contributed by atoms with Gasteiger partial charge in [-0.3, -0.25) is 14.6 Å². The first-order valence-corrected chi connectivity index (χ1v) is 7.91. The second-order valence-corrected chi connectivity index (χ2v) is 6.22. The second kappa shape index (κ2) is 7.99. The number of aromatic nitrogens is 3. The number of halogens is 3. The molecule has 26 heavy (non-hydrogen) atoms. The van der Waals surface area contributed by atoms with Gasteiger partial charge in [-0.2, -0.15) is 23.4 Å². The average molecular weight is 387 g/mol. The van der Waals surface area contributed by atoms with Crippen LogP contribution >= 0.6 is 11.8 Å². The number of carbonyl (C=O) groups is 1. The van der Waals surface area contributed by atoms with Crippen molar-refractivity contribution in [3.8, 4) is 0 Å². The number of rotatable bonds is 5. The van der Waals surface area contributed by atoms with Crippen LogP contribution in [0.1, 0.15) is 18.1 Å². The normalized spacial score (nSPS) is 12.9. The number of amides is 1. The van der Waals surface area contributed by atoms with Crippen LogP contribution in [0.3, 0.4) is 0 Å². The molecule has 0 bridgehead atoms. The highest BCUT2D eigenvalue weighted by Crippen LogP contribution is 2.31. The molecule has 1 atom stereocenters. The fraction of sp³-hybridized carbons (Fsp3) is 0.214. The summed E-state index contributed by atoms with van der Waals surface area (Å²) in [5.41, 5.74) is -0.553. The number of nitrogens with one attached hydrogen (secondary N) is 3. The van der Waals surface area contributed by atoms with Crippen molar-refractivity contribution in [1.29, 1.82) is 0 Å². The van der Waals surface area contributed by atoms with E-state index < -0.39 is 34.1 Å². The first-order valence-electron chi connectivity index (χ1n) is 7.03. The molecule has 1 aromatic heterocycles. The minimum absolute atomic E-state index is 0.140. The molecule has 0 saturated heterocycles. The third-order valence-electron chi connectivity index (χ3n) is 2.98. The van der Waals surface area contributed by atoms with E-state index in [0.717, 1.165) is 24.0 Å². The molecule has 0 saturated carbocycles. The molecule has 0 spiro atoms. The van der Waals surface area contributed by atoms with Gasteiger partial charge in [0.1, 0.15) is 0 Å². The molecule has 2 rings (SSSR count). The number of H-pyrrole nitrogens is 2. The SMILES string of the molecule is CC(Sc1n[nH]c(=O)[nH]c1=O)C(=O)N/N=C/c1ccccc1C(F)(F)F. The predicted octanol–water partition coefficient (Wildman–Crippen LogP) is 1.11. The summed E-state index contributed by atoms with van der Waals surface area (Å²) in [5.74, 6) is -0.664. The van der Waals surface area contributed by atoms with Crippen LogP contribution < -0.4 is 16.7 Å². The van der Waals surface area contributed by atoms with E-state index in [2.05, 4.69) is 15.6 Å². The van der Waals surface area contributed by atoms with Crippen molar-refractivity contribution in [3.05, 3.63) is 56.2 Å². The molecule has 0 aliphatic carbocycles. The van der Waals surface area contributed by atoms with Crippen molar-refractivity contribution in [3.63, 3.8) is 0 Å². The number of hydrogen-bond donors (Lipinski definition) is 3. The molecule has 8 nitrogen and oxygen atoms in total. The van der Waals surface area contributed by atoms with Gasteiger partial charge in [0.2, 0.25) is 0 Å². The van der Waals surface area contributed by atoms with E-state index in [4.69, 9.17) is 0 Å². The molecule has 0 aliphatic heterocycles. The third-order valence-corrected chi connectivity index (χ3v) is 4.05. The van der Waals surface area contributed by atoms with E-state index in [1.54, 1.807) is 0 Å². The van der Waals surface area contributed by atoms with Gasteiger partial charge in [0, 0.05) is 5.56 Å². The largest absolute Gasteiger partial charge is 0.417 e. The fourth-order valence-corrected chi connectivity index (χ4v) is 2.51. The lowest BCUT2D eigenvalue weighted by Crippen LogP contribution is -2.30. The number of hydrazone groups is 1. The monoisotopic (exact) mass is 387 g/mol. The summed E-state index contributed by atoms with van der Waals surface area (Å²) in [6.07, 6.45) is -3.67. The molecule has 138 valence electrons. The zero-order valence-electron chi connectivity index (χ0n) is 13.1. The fourth-order valence-electron chi connectivity index (χ4n) is 1.76. The van der Waals surface area contributed by atoms with Crippen molar-refractivity contribution in [1.82, 2.24) is 20.6 Å². The highest BCUT2D eigenvalue weighted by molar-refractivity contribution is 8.00. The third kappa shape index (κ3) is 5.05. The summed E-state index contributed by atoms with van der Waals surface area (Å²) in [6.45, 7) is 1.44. The Kier molecular flexibility index (Phi) is 5.97. The lowest BCUT2D eigenvalue weighted by Gasteiger charge is -2.10. The zero-order valence-corrected chi connectivity index (χ0v) is 13.9. The molecule has 3 N–H and O–H groups in total. The Labute approximate surface area is 147 Å². The zero-order chi connectivity index (χ0) is 19.3. The van der Waals surface area contributed by atoms with Gasteiger partial charge in [-0.25, -0.2) is 15.3 Å². The van der Waals surface area contributed by atoms with Crippen molar-refractivity contribution in [2.45, 2.75) is 23.4 Å². The van der Waals surface area contributed by atoms with Gasteiger partial charge >= 0.3 is 11.9 Å². The number of benzene rings is 1. The maximum Gasteiger partial charge on any atom is 0.417 e. The van der Waals surface area contributed by atoms with Crippen LogP contribution in [0.25, 0.3) is 0 Å². The van der Waals surface area contributed by atoms with Gasteiger partial charge < -0.3 is 0 Å². The van der Waals surface area contributed by atoms with Crippen molar-refractivity contribution in [2.24, 2.45) is 5.10 Å². The predicted molar refractivity (Wildman–Crippen MR) is 88.0 cm³/mol. The number of thioether (sulfide) groups is 1. The number of nitrogens with zero attached hydrogens (tertiary/aromatic N) is 2. The Morgan fingerprint density at radius 2 is 2.04 bits per heavy atom. The van der Waals surface area contributed by atoms with Crippen LogP contribution in [0.15, 0.2) is 44.0 Å². The highest BCUT2D eigenvalue weighted by atomic mass is 32.2. The minimum Gasteiger partial charge on any atom is -0.272 e. The lowest BCUT2D eigenvalue weighted by molar-refractivity contribution is -0.137. The van der Waals surface area contributed by atoms with Crippen molar-refractivity contribution in [2.75, 3.05) is 0 Å². The molecule has 0 aliphatic rings. The molecular formula is C14H12F3N5O3S. The number of aromatic amines is 2. The first-order chi connectivity index (χ1) is 12.2. The van der Waals surface area contributed by atoms with Crippen molar-refractivity contribution < 1.29 is 18.0 Å². The number of alkyl halides is 3. The Morgan fingerprint density at radius 3 is 2.69 bits per heavy atom. The summed E-state index contributed by atoms with van der Waals surface area (Å²) < 4.78 is 38.6. The molecular weight excluding hydrogens is 375 g/mol. The van der Waals surface area contributed by atoms with Gasteiger partial charge in [0.05, 0.1) is 17.0 Å². The van der Waals surface area contributed by atoms with Gasteiger partial charge in [-0.1, -0.05) is 30.0 Å². The van der Waals surface area contributed by atoms with E-state index >= 15 is 0 Å². The van der Waals surface area contributed by atoms with Crippen LogP contribution in [-0.4, -0.2) is 32.6 Å². The van der Waals surface area contributed by atoms with Crippen LogP contribution in [0, 0.1) is 0 Å². The van der Waals surface area contributed by atoms with Gasteiger partial charge in [0.25, 0.3) is 11.5 Å². The highest BCUT2D eigenvalue weighted by Gasteiger charge is 2.32. The Balaban J connectivity index is 2.03. The average Bonchev–Trinajstić information content (AvgIpc) is 2.56. The Morgan fingerprint density at radius 1 is 1.35 bits per heavy atom. The van der Waals surface area contributed by atoms with Gasteiger partial charge in [-0.05, 0) is 13.0 Å². The van der Waals surface area contributed by atoms with Crippen LogP contribution in [0.5, 0.6) is 0 Å². The molecule has 1 heterocycles. The summed E-state index contributed by atoms with van der Waals surface area (Å²) in [7, 11) is 0. The van der Waals surface area contributed by atoms with E-state index in [9.17, 15) is 27.6 Å². The summed E-state index contributed by atoms with van der Waals surface area (Å²) in [4.78, 5) is 36.2. The van der Waals surface area contributed by atoms with Gasteiger partial charge in [-0.15, -0.1) is 0 Å². The van der Waals surface area contributed by atoms with Crippen LogP contribution in [0.2, 0.25) is 0 Å². The number of carbonyl (C=O) groups excluding carboxylic acids is 1. The van der Waals surface area contributed by atoms with Crippen LogP contribution in [0.4, 0.5) is 13.2 Å². The number of hydrogen-bond acceptors (Lipinski definition) is 6. The quantitative estimate of drug-likeness (QED) is 0.403. The summed E-state index contributed by atoms with van der Waals surface area (Å²) in [5, 5.41) is 8.05. The molecule has 1 unspecified atom stereocenters. The smallest absolute Gasteiger partial charge is 0.272 e. The topological polar surface area (TPSA) is 120 Å². The Bertz CT molecular complexity index is 938. The molecule has 1 amide bonds. The first kappa shape index (κ1) is 19.4. The standard InChI is InChI=1S/C14H12F3N5O3S/c1-7(26-12-11(24)19-13(25)22-21-12)10(23)20-18-6-8-4-2-3-5-9(8)14(15,16)17/h2-7H,1H3,(H,20,23)(H2,19,22,24,25)/b18-6+. The van der Waals surface area contributed by atoms with E-state index in [0.29, 0.717) is 0 Å². The maximum atomic E-state index is 12.9.